The van der Waals surface area contributed by atoms with Gasteiger partial charge in [-0.2, -0.15) is 0 Å². The maximum Gasteiger partial charge on any atom is 0.408 e. The third-order valence-electron chi connectivity index (χ3n) is 8.99. The highest BCUT2D eigenvalue weighted by atomic mass is 35.5. The van der Waals surface area contributed by atoms with Crippen molar-refractivity contribution in [1.82, 2.24) is 16.0 Å². The largest absolute Gasteiger partial charge is 0.440 e. The smallest absolute Gasteiger partial charge is 0.408 e. The number of benzene rings is 2. The maximum atomic E-state index is 13.6. The zero-order valence-electron chi connectivity index (χ0n) is 25.5. The molecule has 4 rings (SSSR count). The number of carbonyl (C=O) groups excluding carboxylic acids is 3. The van der Waals surface area contributed by atoms with E-state index >= 15 is 0 Å². The van der Waals surface area contributed by atoms with Crippen LogP contribution in [0.1, 0.15) is 88.0 Å². The summed E-state index contributed by atoms with van der Waals surface area (Å²) < 4.78 is 6.20. The normalized spacial score (nSPS) is 19.7. The first-order chi connectivity index (χ1) is 20.6. The minimum atomic E-state index is -0.838. The highest BCUT2D eigenvalue weighted by Crippen LogP contribution is 2.41. The van der Waals surface area contributed by atoms with E-state index in [1.165, 1.54) is 6.42 Å². The fourth-order valence-electron chi connectivity index (χ4n) is 6.47. The van der Waals surface area contributed by atoms with Crippen LogP contribution < -0.4 is 16.0 Å². The first-order valence-electron chi connectivity index (χ1n) is 15.6. The second-order valence-electron chi connectivity index (χ2n) is 12.8. The molecule has 4 atom stereocenters. The first kappa shape index (κ1) is 32.8. The molecule has 3 amide bonds. The predicted molar refractivity (Wildman–Crippen MR) is 168 cm³/mol. The summed E-state index contributed by atoms with van der Waals surface area (Å²) in [5.74, 6) is -0.386. The van der Waals surface area contributed by atoms with Crippen LogP contribution in [0.15, 0.2) is 48.5 Å². The molecule has 9 heteroatoms. The summed E-state index contributed by atoms with van der Waals surface area (Å²) >= 11 is 6.34. The lowest BCUT2D eigenvalue weighted by atomic mass is 9.76. The molecule has 4 N–H and O–H groups in total. The van der Waals surface area contributed by atoms with E-state index in [-0.39, 0.29) is 24.3 Å². The number of alkyl carbamates (subject to hydrolysis) is 1. The molecule has 1 aliphatic carbocycles. The Labute approximate surface area is 260 Å². The van der Waals surface area contributed by atoms with Crippen molar-refractivity contribution in [2.75, 3.05) is 13.2 Å². The summed E-state index contributed by atoms with van der Waals surface area (Å²) in [7, 11) is 0. The monoisotopic (exact) mass is 611 g/mol. The van der Waals surface area contributed by atoms with Gasteiger partial charge < -0.3 is 25.8 Å². The van der Waals surface area contributed by atoms with E-state index in [1.807, 2.05) is 69.3 Å². The van der Waals surface area contributed by atoms with Crippen molar-refractivity contribution in [3.05, 3.63) is 70.2 Å². The number of halogens is 1. The van der Waals surface area contributed by atoms with Gasteiger partial charge in [-0.3, -0.25) is 9.59 Å². The summed E-state index contributed by atoms with van der Waals surface area (Å²) in [4.78, 5) is 39.4. The number of nitrogens with one attached hydrogen (secondary N) is 3. The van der Waals surface area contributed by atoms with E-state index in [2.05, 4.69) is 16.0 Å². The molecule has 0 spiro atoms. The van der Waals surface area contributed by atoms with Crippen molar-refractivity contribution < 1.29 is 24.2 Å². The Hall–Kier alpha value is -3.10. The van der Waals surface area contributed by atoms with Crippen LogP contribution in [0.5, 0.6) is 0 Å². The molecule has 0 radical (unpaired) electrons. The third kappa shape index (κ3) is 8.96. The van der Waals surface area contributed by atoms with Crippen molar-refractivity contribution >= 4 is 29.5 Å². The van der Waals surface area contributed by atoms with Crippen LogP contribution in [-0.4, -0.2) is 48.2 Å². The van der Waals surface area contributed by atoms with Crippen molar-refractivity contribution in [3.63, 3.8) is 0 Å². The highest BCUT2D eigenvalue weighted by molar-refractivity contribution is 6.30. The molecule has 43 heavy (non-hydrogen) atoms. The number of ether oxygens (including phenoxy) is 1. The molecule has 1 saturated heterocycles. The molecule has 2 aliphatic rings. The quantitative estimate of drug-likeness (QED) is 0.244. The van der Waals surface area contributed by atoms with E-state index in [0.29, 0.717) is 36.7 Å². The summed E-state index contributed by atoms with van der Waals surface area (Å²) in [6.45, 7) is 6.32. The van der Waals surface area contributed by atoms with Crippen LogP contribution in [0.25, 0.3) is 0 Å². The van der Waals surface area contributed by atoms with E-state index in [4.69, 9.17) is 16.3 Å². The van der Waals surface area contributed by atoms with Crippen LogP contribution in [0.3, 0.4) is 0 Å². The molecule has 1 saturated carbocycles. The molecule has 1 heterocycles. The molecule has 2 aromatic carbocycles. The minimum absolute atomic E-state index is 0.0577. The molecule has 0 aromatic heterocycles. The molecular weight excluding hydrogens is 566 g/mol. The fourth-order valence-corrected chi connectivity index (χ4v) is 6.66. The zero-order valence-corrected chi connectivity index (χ0v) is 26.3. The average Bonchev–Trinajstić information content (AvgIpc) is 3.39. The number of carbonyl (C=O) groups is 3. The standard InChI is InChI=1S/C34H46ClN3O5/c1-22-9-7-12-24(17-22)30(34(2,3)26-13-8-14-27(35)20-26)43-33(42)38-29(18-23-10-5-4-6-11-23)32(41)37-28(21-39)19-25-15-16-36-31(25)40/h7-9,12-14,17,20,23,25,28-30,39H,4-6,10-11,15-16,18-19,21H2,1-3H3,(H,36,40)(H,37,41)(H,38,42). The third-order valence-corrected chi connectivity index (χ3v) is 9.23. The molecule has 2 aromatic rings. The number of aliphatic hydroxyl groups is 1. The topological polar surface area (TPSA) is 117 Å². The maximum absolute atomic E-state index is 13.6. The second kappa shape index (κ2) is 15.1. The lowest BCUT2D eigenvalue weighted by Crippen LogP contribution is -2.52. The van der Waals surface area contributed by atoms with Crippen molar-refractivity contribution in [3.8, 4) is 0 Å². The Morgan fingerprint density at radius 3 is 2.44 bits per heavy atom. The number of rotatable bonds is 12. The molecule has 0 bridgehead atoms. The second-order valence-corrected chi connectivity index (χ2v) is 13.2. The minimum Gasteiger partial charge on any atom is -0.440 e. The van der Waals surface area contributed by atoms with Gasteiger partial charge in [0.1, 0.15) is 12.1 Å². The summed E-state index contributed by atoms with van der Waals surface area (Å²) in [6, 6.07) is 14.0. The van der Waals surface area contributed by atoms with Crippen LogP contribution in [0.4, 0.5) is 4.79 Å². The Bertz CT molecular complexity index is 1260. The Morgan fingerprint density at radius 2 is 1.79 bits per heavy atom. The fraction of sp³-hybridized carbons (Fsp3) is 0.559. The van der Waals surface area contributed by atoms with Gasteiger partial charge >= 0.3 is 6.09 Å². The number of aliphatic hydroxyl groups excluding tert-OH is 1. The molecule has 4 unspecified atom stereocenters. The van der Waals surface area contributed by atoms with Gasteiger partial charge in [0.05, 0.1) is 12.6 Å². The van der Waals surface area contributed by atoms with E-state index in [9.17, 15) is 19.5 Å². The van der Waals surface area contributed by atoms with Crippen molar-refractivity contribution in [1.29, 1.82) is 0 Å². The summed E-state index contributed by atoms with van der Waals surface area (Å²) in [5, 5.41) is 19.2. The predicted octanol–water partition coefficient (Wildman–Crippen LogP) is 5.74. The lowest BCUT2D eigenvalue weighted by Gasteiger charge is -2.35. The lowest BCUT2D eigenvalue weighted by molar-refractivity contribution is -0.126. The Balaban J connectivity index is 1.54. The molecule has 1 aliphatic heterocycles. The number of amides is 3. The number of hydrogen-bond acceptors (Lipinski definition) is 5. The van der Waals surface area contributed by atoms with E-state index < -0.39 is 29.7 Å². The molecule has 8 nitrogen and oxygen atoms in total. The summed E-state index contributed by atoms with van der Waals surface area (Å²) in [6.07, 6.45) is 5.52. The van der Waals surface area contributed by atoms with Crippen LogP contribution in [0, 0.1) is 18.8 Å². The van der Waals surface area contributed by atoms with Crippen LogP contribution in [-0.2, 0) is 19.7 Å². The zero-order chi connectivity index (χ0) is 31.0. The SMILES string of the molecule is Cc1cccc(C(OC(=O)NC(CC2CCCCC2)C(=O)NC(CO)CC2CCNC2=O)C(C)(C)c2cccc(Cl)c2)c1. The number of hydrogen-bond donors (Lipinski definition) is 4. The van der Waals surface area contributed by atoms with Gasteiger partial charge in [-0.25, -0.2) is 4.79 Å². The van der Waals surface area contributed by atoms with Gasteiger partial charge in [0.25, 0.3) is 0 Å². The van der Waals surface area contributed by atoms with Crippen molar-refractivity contribution in [2.24, 2.45) is 11.8 Å². The molecule has 234 valence electrons. The number of aryl methyl sites for hydroxylation is 1. The van der Waals surface area contributed by atoms with E-state index in [0.717, 1.165) is 42.4 Å². The van der Waals surface area contributed by atoms with Gasteiger partial charge in [-0.15, -0.1) is 0 Å². The van der Waals surface area contributed by atoms with E-state index in [1.54, 1.807) is 0 Å². The average molecular weight is 612 g/mol. The van der Waals surface area contributed by atoms with Gasteiger partial charge in [0, 0.05) is 22.9 Å². The van der Waals surface area contributed by atoms with Gasteiger partial charge in [-0.1, -0.05) is 99.5 Å². The van der Waals surface area contributed by atoms with Crippen LogP contribution >= 0.6 is 11.6 Å². The highest BCUT2D eigenvalue weighted by Gasteiger charge is 2.38. The molecular formula is C34H46ClN3O5. The van der Waals surface area contributed by atoms with Gasteiger partial charge in [-0.05, 0) is 55.4 Å². The Morgan fingerprint density at radius 1 is 1.05 bits per heavy atom. The van der Waals surface area contributed by atoms with Gasteiger partial charge in [0.2, 0.25) is 11.8 Å². The Kier molecular flexibility index (Phi) is 11.5. The molecule has 2 fully saturated rings. The van der Waals surface area contributed by atoms with Gasteiger partial charge in [0.15, 0.2) is 0 Å². The first-order valence-corrected chi connectivity index (χ1v) is 15.9. The summed E-state index contributed by atoms with van der Waals surface area (Å²) in [5.41, 5.74) is 2.14. The van der Waals surface area contributed by atoms with Crippen molar-refractivity contribution in [2.45, 2.75) is 95.7 Å². The van der Waals surface area contributed by atoms with Crippen LogP contribution in [0.2, 0.25) is 5.02 Å².